The minimum Gasteiger partial charge on any atom is -0.355 e. The molecule has 0 bridgehead atoms. The van der Waals surface area contributed by atoms with E-state index in [-0.39, 0.29) is 11.9 Å². The summed E-state index contributed by atoms with van der Waals surface area (Å²) in [5.41, 5.74) is 5.86. The zero-order valence-electron chi connectivity index (χ0n) is 12.8. The molecule has 112 valence electrons. The third kappa shape index (κ3) is 4.46. The van der Waals surface area contributed by atoms with Gasteiger partial charge in [-0.05, 0) is 45.2 Å². The third-order valence-electron chi connectivity index (χ3n) is 4.42. The Morgan fingerprint density at radius 3 is 2.74 bits per heavy atom. The first-order valence-corrected chi connectivity index (χ1v) is 7.89. The Kier molecular flexibility index (Phi) is 7.39. The van der Waals surface area contributed by atoms with Crippen LogP contribution in [-0.4, -0.2) is 42.5 Å². The molecule has 3 unspecified atom stereocenters. The van der Waals surface area contributed by atoms with Crippen LogP contribution in [0.1, 0.15) is 52.9 Å². The van der Waals surface area contributed by atoms with Crippen molar-refractivity contribution in [3.05, 3.63) is 0 Å². The Bertz CT molecular complexity index is 270. The lowest BCUT2D eigenvalue weighted by molar-refractivity contribution is -0.127. The van der Waals surface area contributed by atoms with Crippen molar-refractivity contribution in [3.8, 4) is 0 Å². The fourth-order valence-electron chi connectivity index (χ4n) is 3.21. The average molecular weight is 269 g/mol. The Labute approximate surface area is 118 Å². The lowest BCUT2D eigenvalue weighted by Gasteiger charge is -2.35. The second-order valence-corrected chi connectivity index (χ2v) is 5.65. The van der Waals surface area contributed by atoms with Gasteiger partial charge in [0.15, 0.2) is 0 Å². The second kappa shape index (κ2) is 8.54. The fraction of sp³-hybridized carbons (Fsp3) is 0.933. The molecule has 1 aliphatic rings. The Morgan fingerprint density at radius 1 is 1.42 bits per heavy atom. The molecule has 1 aliphatic carbocycles. The van der Waals surface area contributed by atoms with Crippen LogP contribution in [0, 0.1) is 5.92 Å². The number of nitrogens with zero attached hydrogens (tertiary/aromatic N) is 1. The normalized spacial score (nSPS) is 24.7. The van der Waals surface area contributed by atoms with Crippen molar-refractivity contribution in [2.45, 2.75) is 65.0 Å². The number of hydrogen-bond acceptors (Lipinski definition) is 3. The van der Waals surface area contributed by atoms with E-state index in [9.17, 15) is 4.79 Å². The van der Waals surface area contributed by atoms with E-state index in [1.807, 2.05) is 6.92 Å². The van der Waals surface area contributed by atoms with E-state index < -0.39 is 0 Å². The van der Waals surface area contributed by atoms with E-state index in [1.54, 1.807) is 0 Å². The third-order valence-corrected chi connectivity index (χ3v) is 4.42. The number of unbranched alkanes of at least 4 members (excludes halogenated alkanes) is 1. The van der Waals surface area contributed by atoms with Gasteiger partial charge in [-0.15, -0.1) is 0 Å². The van der Waals surface area contributed by atoms with E-state index in [0.29, 0.717) is 12.0 Å². The quantitative estimate of drug-likeness (QED) is 0.660. The van der Waals surface area contributed by atoms with Gasteiger partial charge in [-0.2, -0.15) is 0 Å². The minimum atomic E-state index is -0.0426. The number of rotatable bonds is 8. The molecule has 1 rings (SSSR count). The molecule has 0 heterocycles. The molecule has 1 saturated carbocycles. The average Bonchev–Trinajstić information content (AvgIpc) is 2.88. The van der Waals surface area contributed by atoms with Gasteiger partial charge in [-0.25, -0.2) is 0 Å². The summed E-state index contributed by atoms with van der Waals surface area (Å²) in [7, 11) is 0. The summed E-state index contributed by atoms with van der Waals surface area (Å²) in [6.45, 7) is 8.76. The molecule has 0 aliphatic heterocycles. The zero-order chi connectivity index (χ0) is 14.3. The van der Waals surface area contributed by atoms with Crippen molar-refractivity contribution in [2.24, 2.45) is 11.7 Å². The fourth-order valence-corrected chi connectivity index (χ4v) is 3.21. The van der Waals surface area contributed by atoms with E-state index in [0.717, 1.165) is 32.5 Å². The predicted octanol–water partition coefficient (Wildman–Crippen LogP) is 1.74. The van der Waals surface area contributed by atoms with E-state index in [1.165, 1.54) is 19.3 Å². The zero-order valence-corrected chi connectivity index (χ0v) is 12.8. The van der Waals surface area contributed by atoms with E-state index in [4.69, 9.17) is 5.73 Å². The standard InChI is InChI=1S/C15H31N3O/c1-4-6-10-17-15(19)12(3)18(5-2)14-9-7-8-13(14)11-16/h12-14H,4-11,16H2,1-3H3,(H,17,19). The molecule has 3 atom stereocenters. The van der Waals surface area contributed by atoms with Gasteiger partial charge in [0.1, 0.15) is 0 Å². The first-order chi connectivity index (χ1) is 9.15. The van der Waals surface area contributed by atoms with Gasteiger partial charge in [0.05, 0.1) is 6.04 Å². The minimum absolute atomic E-state index is 0.0426. The summed E-state index contributed by atoms with van der Waals surface area (Å²) in [5.74, 6) is 0.726. The van der Waals surface area contributed by atoms with Gasteiger partial charge in [0.2, 0.25) is 5.91 Å². The number of carbonyl (C=O) groups excluding carboxylic acids is 1. The highest BCUT2D eigenvalue weighted by Crippen LogP contribution is 2.30. The molecule has 3 N–H and O–H groups in total. The highest BCUT2D eigenvalue weighted by Gasteiger charge is 2.34. The molecule has 0 aromatic heterocycles. The molecule has 4 nitrogen and oxygen atoms in total. The second-order valence-electron chi connectivity index (χ2n) is 5.65. The van der Waals surface area contributed by atoms with Crippen LogP contribution in [0.3, 0.4) is 0 Å². The molecule has 4 heteroatoms. The topological polar surface area (TPSA) is 58.4 Å². The maximum absolute atomic E-state index is 12.2. The van der Waals surface area contributed by atoms with Crippen molar-refractivity contribution < 1.29 is 4.79 Å². The first kappa shape index (κ1) is 16.4. The molecule has 0 radical (unpaired) electrons. The Morgan fingerprint density at radius 2 is 2.16 bits per heavy atom. The number of likely N-dealkylation sites (N-methyl/N-ethyl adjacent to an activating group) is 1. The maximum Gasteiger partial charge on any atom is 0.237 e. The molecule has 1 amide bonds. The summed E-state index contributed by atoms with van der Waals surface area (Å²) >= 11 is 0. The molecule has 0 aromatic rings. The molecular weight excluding hydrogens is 238 g/mol. The van der Waals surface area contributed by atoms with Gasteiger partial charge in [-0.1, -0.05) is 26.7 Å². The lowest BCUT2D eigenvalue weighted by Crippen LogP contribution is -2.51. The van der Waals surface area contributed by atoms with Gasteiger partial charge in [0.25, 0.3) is 0 Å². The van der Waals surface area contributed by atoms with Gasteiger partial charge in [-0.3, -0.25) is 9.69 Å². The molecule has 1 fully saturated rings. The summed E-state index contributed by atoms with van der Waals surface area (Å²) < 4.78 is 0. The van der Waals surface area contributed by atoms with Gasteiger partial charge < -0.3 is 11.1 Å². The molecular formula is C15H31N3O. The van der Waals surface area contributed by atoms with Gasteiger partial charge >= 0.3 is 0 Å². The number of carbonyl (C=O) groups is 1. The van der Waals surface area contributed by atoms with Crippen LogP contribution in [0.15, 0.2) is 0 Å². The largest absolute Gasteiger partial charge is 0.355 e. The summed E-state index contributed by atoms with van der Waals surface area (Å²) in [6, 6.07) is 0.445. The van der Waals surface area contributed by atoms with Crippen molar-refractivity contribution in [2.75, 3.05) is 19.6 Å². The SMILES string of the molecule is CCCCNC(=O)C(C)N(CC)C1CCCC1CN. The highest BCUT2D eigenvalue weighted by molar-refractivity contribution is 5.81. The summed E-state index contributed by atoms with van der Waals surface area (Å²) in [4.78, 5) is 14.5. The van der Waals surface area contributed by atoms with Crippen molar-refractivity contribution in [1.29, 1.82) is 0 Å². The van der Waals surface area contributed by atoms with Crippen LogP contribution in [0.25, 0.3) is 0 Å². The van der Waals surface area contributed by atoms with Crippen LogP contribution in [0.4, 0.5) is 0 Å². The first-order valence-electron chi connectivity index (χ1n) is 7.89. The number of amides is 1. The number of nitrogens with one attached hydrogen (secondary N) is 1. The lowest BCUT2D eigenvalue weighted by atomic mass is 10.0. The van der Waals surface area contributed by atoms with Crippen LogP contribution in [0.5, 0.6) is 0 Å². The van der Waals surface area contributed by atoms with Crippen molar-refractivity contribution >= 4 is 5.91 Å². The van der Waals surface area contributed by atoms with Crippen molar-refractivity contribution in [1.82, 2.24) is 10.2 Å². The Hall–Kier alpha value is -0.610. The van der Waals surface area contributed by atoms with Crippen LogP contribution >= 0.6 is 0 Å². The van der Waals surface area contributed by atoms with Crippen molar-refractivity contribution in [3.63, 3.8) is 0 Å². The smallest absolute Gasteiger partial charge is 0.237 e. The van der Waals surface area contributed by atoms with Crippen LogP contribution in [-0.2, 0) is 4.79 Å². The van der Waals surface area contributed by atoms with Crippen LogP contribution < -0.4 is 11.1 Å². The molecule has 0 spiro atoms. The van der Waals surface area contributed by atoms with Gasteiger partial charge in [0, 0.05) is 12.6 Å². The maximum atomic E-state index is 12.2. The summed E-state index contributed by atoms with van der Waals surface area (Å²) in [5, 5.41) is 3.04. The Balaban J connectivity index is 2.55. The number of hydrogen-bond donors (Lipinski definition) is 2. The molecule has 0 aromatic carbocycles. The molecule has 0 saturated heterocycles. The summed E-state index contributed by atoms with van der Waals surface area (Å²) in [6.07, 6.45) is 5.81. The van der Waals surface area contributed by atoms with E-state index >= 15 is 0 Å². The number of nitrogens with two attached hydrogens (primary N) is 1. The monoisotopic (exact) mass is 269 g/mol. The van der Waals surface area contributed by atoms with E-state index in [2.05, 4.69) is 24.1 Å². The van der Waals surface area contributed by atoms with Crippen LogP contribution in [0.2, 0.25) is 0 Å². The highest BCUT2D eigenvalue weighted by atomic mass is 16.2. The predicted molar refractivity (Wildman–Crippen MR) is 79.9 cm³/mol. The molecule has 19 heavy (non-hydrogen) atoms.